The fourth-order valence-electron chi connectivity index (χ4n) is 10.6. The Hall–Kier alpha value is -1.28. The molecular formula is C31H49F2NO5. The lowest BCUT2D eigenvalue weighted by Crippen LogP contribution is -2.62. The van der Waals surface area contributed by atoms with E-state index < -0.39 is 35.4 Å². The van der Waals surface area contributed by atoms with Gasteiger partial charge in [-0.3, -0.25) is 9.59 Å². The van der Waals surface area contributed by atoms with Crippen molar-refractivity contribution in [2.45, 2.75) is 128 Å². The average Bonchev–Trinajstić information content (AvgIpc) is 3.21. The molecular weight excluding hydrogens is 504 g/mol. The van der Waals surface area contributed by atoms with Gasteiger partial charge in [0.15, 0.2) is 0 Å². The molecule has 5 saturated carbocycles. The topological polar surface area (TPSA) is 107 Å². The molecule has 0 saturated heterocycles. The van der Waals surface area contributed by atoms with Gasteiger partial charge in [0.1, 0.15) is 6.10 Å². The number of aliphatic hydroxyl groups is 2. The molecule has 0 aliphatic heterocycles. The quantitative estimate of drug-likeness (QED) is 0.353. The van der Waals surface area contributed by atoms with Crippen molar-refractivity contribution in [2.75, 3.05) is 0 Å². The van der Waals surface area contributed by atoms with Gasteiger partial charge < -0.3 is 20.6 Å². The van der Waals surface area contributed by atoms with Crippen LogP contribution < -0.4 is 5.32 Å². The molecule has 5 fully saturated rings. The van der Waals surface area contributed by atoms with Crippen LogP contribution in [0.1, 0.15) is 104 Å². The number of alkyl halides is 2. The van der Waals surface area contributed by atoms with Crippen molar-refractivity contribution in [1.29, 1.82) is 0 Å². The maximum atomic E-state index is 14.8. The Bertz CT molecular complexity index is 946. The van der Waals surface area contributed by atoms with Gasteiger partial charge in [-0.15, -0.1) is 0 Å². The van der Waals surface area contributed by atoms with Crippen molar-refractivity contribution in [2.24, 2.45) is 52.3 Å². The van der Waals surface area contributed by atoms with Crippen LogP contribution in [0.25, 0.3) is 0 Å². The normalized spacial score (nSPS) is 47.8. The number of amides is 1. The predicted octanol–water partition coefficient (Wildman–Crippen LogP) is 5.40. The van der Waals surface area contributed by atoms with Crippen LogP contribution in [0.4, 0.5) is 8.78 Å². The Balaban J connectivity index is 1.23. The van der Waals surface area contributed by atoms with Gasteiger partial charge in [0.05, 0.1) is 12.0 Å². The second-order valence-corrected chi connectivity index (χ2v) is 14.6. The summed E-state index contributed by atoms with van der Waals surface area (Å²) in [6.45, 7) is 6.55. The number of hydrogen-bond donors (Lipinski definition) is 4. The van der Waals surface area contributed by atoms with Crippen LogP contribution in [0.5, 0.6) is 0 Å². The van der Waals surface area contributed by atoms with Crippen molar-refractivity contribution >= 4 is 11.9 Å². The van der Waals surface area contributed by atoms with Crippen LogP contribution in [-0.2, 0) is 9.59 Å². The third-order valence-electron chi connectivity index (χ3n) is 12.7. The third-order valence-corrected chi connectivity index (χ3v) is 12.7. The number of carboxylic acids is 1. The number of fused-ring (bicyclic) bond motifs is 5. The molecule has 5 unspecified atom stereocenters. The second kappa shape index (κ2) is 10.5. The molecule has 0 radical (unpaired) electrons. The van der Waals surface area contributed by atoms with Gasteiger partial charge in [-0.05, 0) is 104 Å². The summed E-state index contributed by atoms with van der Waals surface area (Å²) < 4.78 is 29.5. The fourth-order valence-corrected chi connectivity index (χ4v) is 10.6. The summed E-state index contributed by atoms with van der Waals surface area (Å²) in [4.78, 5) is 24.4. The lowest BCUT2D eigenvalue weighted by Gasteiger charge is -2.63. The Kier molecular flexibility index (Phi) is 7.89. The lowest BCUT2D eigenvalue weighted by molar-refractivity contribution is -0.236. The molecule has 12 atom stereocenters. The van der Waals surface area contributed by atoms with E-state index in [1.165, 1.54) is 0 Å². The fraction of sp³-hybridized carbons (Fsp3) is 0.935. The minimum absolute atomic E-state index is 0.00963. The molecule has 0 aromatic heterocycles. The molecule has 39 heavy (non-hydrogen) atoms. The maximum Gasteiger partial charge on any atom is 0.308 e. The van der Waals surface area contributed by atoms with Crippen LogP contribution in [0, 0.1) is 52.3 Å². The summed E-state index contributed by atoms with van der Waals surface area (Å²) in [6.07, 6.45) is 6.22. The molecule has 0 spiro atoms. The number of aliphatic carboxylic acids is 1. The first-order chi connectivity index (χ1) is 18.3. The number of halogens is 2. The van der Waals surface area contributed by atoms with Gasteiger partial charge in [-0.2, -0.15) is 0 Å². The van der Waals surface area contributed by atoms with Crippen molar-refractivity contribution < 1.29 is 33.7 Å². The van der Waals surface area contributed by atoms with E-state index in [0.717, 1.165) is 51.4 Å². The van der Waals surface area contributed by atoms with E-state index in [9.17, 15) is 33.7 Å². The van der Waals surface area contributed by atoms with Gasteiger partial charge >= 0.3 is 5.97 Å². The largest absolute Gasteiger partial charge is 0.481 e. The standard InChI is InChI=1S/C31H49F2NO5/c1-17(8-11-26(37)34-23-7-5-4-6-19(23)28(38)39)20-9-10-21-27-22(12-13-29(20,21)2)30(3)16-31(32,33)25(36)15-18(30)14-24(27)35/h17-25,27,35-36H,4-16H2,1-3H3,(H,34,37)(H,38,39)/t17-,18-,19-,20-,21?,22?,23?,24?,25-,27?,29-,30+/m1/s1. The first-order valence-corrected chi connectivity index (χ1v) is 15.5. The molecule has 1 amide bonds. The summed E-state index contributed by atoms with van der Waals surface area (Å²) in [7, 11) is 0. The van der Waals surface area contributed by atoms with Gasteiger partial charge in [0.2, 0.25) is 5.91 Å². The molecule has 8 heteroatoms. The van der Waals surface area contributed by atoms with E-state index in [4.69, 9.17) is 0 Å². The average molecular weight is 554 g/mol. The van der Waals surface area contributed by atoms with Crippen molar-refractivity contribution in [1.82, 2.24) is 5.32 Å². The Morgan fingerprint density at radius 2 is 1.67 bits per heavy atom. The zero-order valence-electron chi connectivity index (χ0n) is 23.9. The number of carbonyl (C=O) groups is 2. The van der Waals surface area contributed by atoms with Crippen molar-refractivity contribution in [3.8, 4) is 0 Å². The van der Waals surface area contributed by atoms with Gasteiger partial charge in [0.25, 0.3) is 5.92 Å². The van der Waals surface area contributed by atoms with E-state index in [-0.39, 0.29) is 53.9 Å². The number of hydrogen-bond acceptors (Lipinski definition) is 4. The number of rotatable bonds is 6. The van der Waals surface area contributed by atoms with Crippen molar-refractivity contribution in [3.63, 3.8) is 0 Å². The molecule has 0 aromatic carbocycles. The van der Waals surface area contributed by atoms with Crippen LogP contribution >= 0.6 is 0 Å². The maximum absolute atomic E-state index is 14.8. The highest BCUT2D eigenvalue weighted by Gasteiger charge is 2.66. The Morgan fingerprint density at radius 3 is 2.38 bits per heavy atom. The summed E-state index contributed by atoms with van der Waals surface area (Å²) in [5.74, 6) is -3.49. The van der Waals surface area contributed by atoms with Crippen LogP contribution in [-0.4, -0.2) is 51.4 Å². The first-order valence-electron chi connectivity index (χ1n) is 15.5. The smallest absolute Gasteiger partial charge is 0.308 e. The predicted molar refractivity (Wildman–Crippen MR) is 143 cm³/mol. The lowest BCUT2D eigenvalue weighted by atomic mass is 9.43. The number of carboxylic acid groups (broad SMARTS) is 1. The van der Waals surface area contributed by atoms with Gasteiger partial charge in [-0.1, -0.05) is 33.6 Å². The summed E-state index contributed by atoms with van der Waals surface area (Å²) in [5, 5.41) is 34.0. The van der Waals surface area contributed by atoms with Crippen molar-refractivity contribution in [3.05, 3.63) is 0 Å². The number of carbonyl (C=O) groups excluding carboxylic acids is 1. The molecule has 6 nitrogen and oxygen atoms in total. The molecule has 222 valence electrons. The van der Waals surface area contributed by atoms with E-state index >= 15 is 0 Å². The highest BCUT2D eigenvalue weighted by atomic mass is 19.3. The monoisotopic (exact) mass is 553 g/mol. The Labute approximate surface area is 231 Å². The molecule has 0 heterocycles. The summed E-state index contributed by atoms with van der Waals surface area (Å²) in [5.41, 5.74) is -0.557. The molecule has 5 aliphatic carbocycles. The van der Waals surface area contributed by atoms with Gasteiger partial charge in [-0.25, -0.2) is 8.78 Å². The minimum atomic E-state index is -3.08. The third kappa shape index (κ3) is 5.04. The van der Waals surface area contributed by atoms with E-state index in [2.05, 4.69) is 19.2 Å². The molecule has 4 N–H and O–H groups in total. The molecule has 5 aliphatic rings. The first kappa shape index (κ1) is 29.2. The number of nitrogens with one attached hydrogen (secondary N) is 1. The van der Waals surface area contributed by atoms with Crippen LogP contribution in [0.3, 0.4) is 0 Å². The SMILES string of the molecule is C[C@H](CCC(=O)NC1CCCC[C@H]1C(=O)O)[C@H]1CCC2C3C(O)C[C@@H]4C[C@@H](O)C(F)(F)C[C@]4(C)C3CC[C@@]21C. The van der Waals surface area contributed by atoms with E-state index in [0.29, 0.717) is 31.1 Å². The van der Waals surface area contributed by atoms with Crippen LogP contribution in [0.15, 0.2) is 0 Å². The Morgan fingerprint density at radius 1 is 0.974 bits per heavy atom. The number of aliphatic hydroxyl groups excluding tert-OH is 2. The molecule has 0 bridgehead atoms. The van der Waals surface area contributed by atoms with Gasteiger partial charge in [0, 0.05) is 18.9 Å². The van der Waals surface area contributed by atoms with Crippen LogP contribution in [0.2, 0.25) is 0 Å². The zero-order chi connectivity index (χ0) is 28.3. The van der Waals surface area contributed by atoms with E-state index in [1.807, 2.05) is 6.92 Å². The minimum Gasteiger partial charge on any atom is -0.481 e. The molecule has 5 rings (SSSR count). The zero-order valence-corrected chi connectivity index (χ0v) is 23.9. The highest BCUT2D eigenvalue weighted by Crippen LogP contribution is 2.69. The molecule has 0 aromatic rings. The highest BCUT2D eigenvalue weighted by molar-refractivity contribution is 5.78. The van der Waals surface area contributed by atoms with E-state index in [1.54, 1.807) is 0 Å². The summed E-state index contributed by atoms with van der Waals surface area (Å²) in [6, 6.07) is -0.283. The summed E-state index contributed by atoms with van der Waals surface area (Å²) >= 11 is 0. The second-order valence-electron chi connectivity index (χ2n) is 14.6.